The highest BCUT2D eigenvalue weighted by molar-refractivity contribution is 5.79. The zero-order chi connectivity index (χ0) is 15.5. The number of carboxylic acid groups (broad SMARTS) is 1. The molecule has 5 nitrogen and oxygen atoms in total. The number of hydrogen-bond donors (Lipinski definition) is 1. The van der Waals surface area contributed by atoms with Crippen molar-refractivity contribution in [2.45, 2.75) is 52.4 Å². The fourth-order valence-electron chi connectivity index (χ4n) is 3.56. The first-order valence-electron chi connectivity index (χ1n) is 8.26. The van der Waals surface area contributed by atoms with E-state index in [2.05, 4.69) is 6.92 Å². The second-order valence-electron chi connectivity index (χ2n) is 6.77. The van der Waals surface area contributed by atoms with Gasteiger partial charge in [-0.05, 0) is 44.4 Å². The van der Waals surface area contributed by atoms with Crippen LogP contribution in [0.1, 0.15) is 52.4 Å². The van der Waals surface area contributed by atoms with Crippen LogP contribution in [0.15, 0.2) is 0 Å². The molecule has 5 heteroatoms. The lowest BCUT2D eigenvalue weighted by molar-refractivity contribution is -0.152. The van der Waals surface area contributed by atoms with Crippen molar-refractivity contribution in [3.8, 4) is 0 Å². The summed E-state index contributed by atoms with van der Waals surface area (Å²) in [6.07, 6.45) is 5.34. The quantitative estimate of drug-likeness (QED) is 0.852. The van der Waals surface area contributed by atoms with Gasteiger partial charge in [-0.3, -0.25) is 4.79 Å². The van der Waals surface area contributed by atoms with Gasteiger partial charge in [0, 0.05) is 26.2 Å². The lowest BCUT2D eigenvalue weighted by atomic mass is 9.78. The fourth-order valence-corrected chi connectivity index (χ4v) is 3.56. The first-order valence-corrected chi connectivity index (χ1v) is 8.26. The van der Waals surface area contributed by atoms with Crippen molar-refractivity contribution in [1.29, 1.82) is 0 Å². The molecule has 2 rings (SSSR count). The summed E-state index contributed by atoms with van der Waals surface area (Å²) in [5, 5.41) is 9.53. The average molecular weight is 296 g/mol. The molecule has 0 bridgehead atoms. The highest BCUT2D eigenvalue weighted by Gasteiger charge is 2.42. The molecule has 2 aliphatic rings. The van der Waals surface area contributed by atoms with Crippen molar-refractivity contribution in [1.82, 2.24) is 9.80 Å². The van der Waals surface area contributed by atoms with E-state index in [0.29, 0.717) is 31.8 Å². The minimum Gasteiger partial charge on any atom is -0.481 e. The second kappa shape index (κ2) is 6.67. The highest BCUT2D eigenvalue weighted by atomic mass is 16.4. The number of urea groups is 1. The fraction of sp³-hybridized carbons (Fsp3) is 0.875. The average Bonchev–Trinajstić information content (AvgIpc) is 2.71. The molecule has 0 saturated carbocycles. The van der Waals surface area contributed by atoms with Crippen LogP contribution in [0.3, 0.4) is 0 Å². The molecule has 2 amide bonds. The van der Waals surface area contributed by atoms with E-state index < -0.39 is 11.4 Å². The number of piperidine rings is 1. The Balaban J connectivity index is 2.03. The number of amides is 2. The smallest absolute Gasteiger partial charge is 0.320 e. The van der Waals surface area contributed by atoms with Crippen LogP contribution in [0.5, 0.6) is 0 Å². The van der Waals surface area contributed by atoms with Crippen LogP contribution in [0.2, 0.25) is 0 Å². The standard InChI is InChI=1S/C16H28N2O3/c1-3-16(14(19)20)8-5-10-18(12-16)15(21)17-9-4-6-13(2)7-11-17/h13H,3-12H2,1-2H3,(H,19,20). The van der Waals surface area contributed by atoms with Crippen LogP contribution < -0.4 is 0 Å². The minimum absolute atomic E-state index is 0.0443. The van der Waals surface area contributed by atoms with Crippen molar-refractivity contribution in [2.75, 3.05) is 26.2 Å². The lowest BCUT2D eigenvalue weighted by Crippen LogP contribution is -2.53. The Morgan fingerprint density at radius 3 is 2.52 bits per heavy atom. The molecule has 0 aromatic rings. The van der Waals surface area contributed by atoms with Crippen molar-refractivity contribution >= 4 is 12.0 Å². The molecule has 2 fully saturated rings. The molecular formula is C16H28N2O3. The molecule has 0 spiro atoms. The molecule has 2 atom stereocenters. The number of carboxylic acids is 1. The van der Waals surface area contributed by atoms with Gasteiger partial charge in [0.05, 0.1) is 5.41 Å². The van der Waals surface area contributed by atoms with Crippen LogP contribution in [0, 0.1) is 11.3 Å². The molecule has 2 saturated heterocycles. The van der Waals surface area contributed by atoms with Gasteiger partial charge in [-0.2, -0.15) is 0 Å². The van der Waals surface area contributed by atoms with Crippen molar-refractivity contribution in [3.05, 3.63) is 0 Å². The van der Waals surface area contributed by atoms with Crippen LogP contribution in [-0.2, 0) is 4.79 Å². The molecule has 120 valence electrons. The molecule has 0 aromatic heterocycles. The first-order chi connectivity index (χ1) is 9.98. The molecule has 0 radical (unpaired) electrons. The zero-order valence-corrected chi connectivity index (χ0v) is 13.3. The van der Waals surface area contributed by atoms with E-state index in [9.17, 15) is 14.7 Å². The Labute approximate surface area is 127 Å². The van der Waals surface area contributed by atoms with Crippen molar-refractivity contribution < 1.29 is 14.7 Å². The number of hydrogen-bond acceptors (Lipinski definition) is 2. The van der Waals surface area contributed by atoms with E-state index in [1.54, 1.807) is 4.90 Å². The summed E-state index contributed by atoms with van der Waals surface area (Å²) in [5.41, 5.74) is -0.743. The van der Waals surface area contributed by atoms with Gasteiger partial charge in [0.25, 0.3) is 0 Å². The molecule has 2 aliphatic heterocycles. The second-order valence-corrected chi connectivity index (χ2v) is 6.77. The summed E-state index contributed by atoms with van der Waals surface area (Å²) < 4.78 is 0. The van der Waals surface area contributed by atoms with Crippen LogP contribution in [-0.4, -0.2) is 53.1 Å². The molecule has 0 aliphatic carbocycles. The SMILES string of the molecule is CCC1(C(=O)O)CCCN(C(=O)N2CCCC(C)CC2)C1. The Bertz CT molecular complexity index is 399. The number of carbonyl (C=O) groups excluding carboxylic acids is 1. The highest BCUT2D eigenvalue weighted by Crippen LogP contribution is 2.34. The maximum atomic E-state index is 12.7. The summed E-state index contributed by atoms with van der Waals surface area (Å²) in [6, 6.07) is 0.0443. The number of rotatable bonds is 2. The maximum Gasteiger partial charge on any atom is 0.320 e. The Kier molecular flexibility index (Phi) is 5.12. The summed E-state index contributed by atoms with van der Waals surface area (Å²) >= 11 is 0. The van der Waals surface area contributed by atoms with Gasteiger partial charge in [0.15, 0.2) is 0 Å². The maximum absolute atomic E-state index is 12.7. The number of nitrogens with zero attached hydrogens (tertiary/aromatic N) is 2. The lowest BCUT2D eigenvalue weighted by Gasteiger charge is -2.41. The Morgan fingerprint density at radius 2 is 1.86 bits per heavy atom. The normalized spacial score (nSPS) is 30.9. The van der Waals surface area contributed by atoms with Crippen LogP contribution in [0.4, 0.5) is 4.79 Å². The zero-order valence-electron chi connectivity index (χ0n) is 13.3. The van der Waals surface area contributed by atoms with Gasteiger partial charge in [0.1, 0.15) is 0 Å². The molecule has 1 N–H and O–H groups in total. The van der Waals surface area contributed by atoms with Crippen LogP contribution >= 0.6 is 0 Å². The Morgan fingerprint density at radius 1 is 1.14 bits per heavy atom. The van der Waals surface area contributed by atoms with E-state index in [4.69, 9.17) is 0 Å². The Hall–Kier alpha value is -1.26. The van der Waals surface area contributed by atoms with E-state index in [1.165, 1.54) is 6.42 Å². The van der Waals surface area contributed by atoms with Crippen molar-refractivity contribution in [2.24, 2.45) is 11.3 Å². The number of carbonyl (C=O) groups is 2. The van der Waals surface area contributed by atoms with Gasteiger partial charge in [-0.15, -0.1) is 0 Å². The third-order valence-electron chi connectivity index (χ3n) is 5.27. The number of aliphatic carboxylic acids is 1. The van der Waals surface area contributed by atoms with Crippen molar-refractivity contribution in [3.63, 3.8) is 0 Å². The summed E-state index contributed by atoms with van der Waals surface area (Å²) in [7, 11) is 0. The van der Waals surface area contributed by atoms with Crippen LogP contribution in [0.25, 0.3) is 0 Å². The van der Waals surface area contributed by atoms with E-state index >= 15 is 0 Å². The predicted molar refractivity (Wildman–Crippen MR) is 81.2 cm³/mol. The minimum atomic E-state index is -0.757. The largest absolute Gasteiger partial charge is 0.481 e. The topological polar surface area (TPSA) is 60.9 Å². The molecule has 2 heterocycles. The van der Waals surface area contributed by atoms with Gasteiger partial charge >= 0.3 is 12.0 Å². The summed E-state index contributed by atoms with van der Waals surface area (Å²) in [4.78, 5) is 28.0. The summed E-state index contributed by atoms with van der Waals surface area (Å²) in [5.74, 6) is -0.0788. The van der Waals surface area contributed by atoms with E-state index in [0.717, 1.165) is 32.4 Å². The molecular weight excluding hydrogens is 268 g/mol. The molecule has 2 unspecified atom stereocenters. The monoisotopic (exact) mass is 296 g/mol. The first kappa shape index (κ1) is 16.1. The van der Waals surface area contributed by atoms with E-state index in [1.807, 2.05) is 11.8 Å². The van der Waals surface area contributed by atoms with Gasteiger partial charge in [0.2, 0.25) is 0 Å². The predicted octanol–water partition coefficient (Wildman–Crippen LogP) is 2.81. The van der Waals surface area contributed by atoms with Gasteiger partial charge < -0.3 is 14.9 Å². The van der Waals surface area contributed by atoms with E-state index in [-0.39, 0.29) is 6.03 Å². The van der Waals surface area contributed by atoms with Gasteiger partial charge in [-0.25, -0.2) is 4.79 Å². The molecule has 0 aromatic carbocycles. The van der Waals surface area contributed by atoms with Gasteiger partial charge in [-0.1, -0.05) is 13.8 Å². The summed E-state index contributed by atoms with van der Waals surface area (Å²) in [6.45, 7) is 6.83. The number of likely N-dealkylation sites (tertiary alicyclic amines) is 2. The third kappa shape index (κ3) is 3.50. The third-order valence-corrected chi connectivity index (χ3v) is 5.27. The molecule has 21 heavy (non-hydrogen) atoms.